The average Bonchev–Trinajstić information content (AvgIpc) is 2.56. The summed E-state index contributed by atoms with van der Waals surface area (Å²) in [5, 5.41) is 7.33. The van der Waals surface area contributed by atoms with Gasteiger partial charge in [-0.25, -0.2) is 0 Å². The smallest absolute Gasteiger partial charge is 0.251 e. The molecule has 1 aliphatic rings. The Kier molecular flexibility index (Phi) is 8.11. The second kappa shape index (κ2) is 9.09. The van der Waals surface area contributed by atoms with Crippen LogP contribution in [0.5, 0.6) is 0 Å². The maximum absolute atomic E-state index is 12.5. The third-order valence-electron chi connectivity index (χ3n) is 4.26. The predicted molar refractivity (Wildman–Crippen MR) is 96.7 cm³/mol. The van der Waals surface area contributed by atoms with Gasteiger partial charge in [-0.1, -0.05) is 43.1 Å². The number of carbonyl (C=O) groups is 1. The Labute approximate surface area is 153 Å². The zero-order valence-corrected chi connectivity index (χ0v) is 15.7. The van der Waals surface area contributed by atoms with Crippen LogP contribution in [0.1, 0.15) is 32.3 Å². The van der Waals surface area contributed by atoms with E-state index in [-0.39, 0.29) is 18.3 Å². The fourth-order valence-electron chi connectivity index (χ4n) is 2.75. The lowest BCUT2D eigenvalue weighted by Gasteiger charge is -2.36. The summed E-state index contributed by atoms with van der Waals surface area (Å²) in [5.74, 6) is -0.0954. The largest absolute Gasteiger partial charge is 0.366 e. The van der Waals surface area contributed by atoms with Gasteiger partial charge in [-0.05, 0) is 30.5 Å². The van der Waals surface area contributed by atoms with Crippen molar-refractivity contribution in [3.05, 3.63) is 33.8 Å². The third kappa shape index (κ3) is 4.74. The van der Waals surface area contributed by atoms with Crippen molar-refractivity contribution in [2.24, 2.45) is 0 Å². The first kappa shape index (κ1) is 20.5. The fraction of sp³-hybridized carbons (Fsp3) is 0.562. The molecule has 1 heterocycles. The molecule has 23 heavy (non-hydrogen) atoms. The predicted octanol–water partition coefficient (Wildman–Crippen LogP) is 3.54. The van der Waals surface area contributed by atoms with E-state index < -0.39 is 11.6 Å². The van der Waals surface area contributed by atoms with E-state index in [2.05, 4.69) is 10.6 Å². The Balaban J connectivity index is 0.00000264. The lowest BCUT2D eigenvalue weighted by atomic mass is 9.84. The van der Waals surface area contributed by atoms with E-state index in [1.165, 1.54) is 0 Å². The topological polar surface area (TPSA) is 50.4 Å². The summed E-state index contributed by atoms with van der Waals surface area (Å²) in [5.41, 5.74) is 0.496. The molecule has 0 radical (unpaired) electrons. The summed E-state index contributed by atoms with van der Waals surface area (Å²) < 4.78 is 5.53. The Morgan fingerprint density at radius 1 is 1.35 bits per heavy atom. The maximum Gasteiger partial charge on any atom is 0.251 e. The molecule has 1 amide bonds. The molecule has 7 heteroatoms. The van der Waals surface area contributed by atoms with Crippen molar-refractivity contribution >= 4 is 41.5 Å². The SMILES string of the molecule is CCC(CC)(NC(=O)C1CNCCO1)c1ccc(Cl)c(Cl)c1.Cl. The van der Waals surface area contributed by atoms with Gasteiger partial charge in [0.25, 0.3) is 5.91 Å². The number of hydrogen-bond acceptors (Lipinski definition) is 3. The van der Waals surface area contributed by atoms with Gasteiger partial charge in [0.15, 0.2) is 0 Å². The van der Waals surface area contributed by atoms with Gasteiger partial charge in [-0.15, -0.1) is 12.4 Å². The summed E-state index contributed by atoms with van der Waals surface area (Å²) >= 11 is 12.1. The number of rotatable bonds is 5. The van der Waals surface area contributed by atoms with Crippen molar-refractivity contribution in [1.82, 2.24) is 10.6 Å². The molecular formula is C16H23Cl3N2O2. The maximum atomic E-state index is 12.5. The molecule has 4 nitrogen and oxygen atoms in total. The molecule has 1 saturated heterocycles. The molecule has 1 fully saturated rings. The van der Waals surface area contributed by atoms with Crippen molar-refractivity contribution in [1.29, 1.82) is 0 Å². The second-order valence-corrected chi connectivity index (χ2v) is 6.29. The van der Waals surface area contributed by atoms with Gasteiger partial charge >= 0.3 is 0 Å². The molecule has 0 spiro atoms. The van der Waals surface area contributed by atoms with Crippen LogP contribution in [0.4, 0.5) is 0 Å². The standard InChI is InChI=1S/C16H22Cl2N2O2.ClH/c1-3-16(4-2,11-5-6-12(17)13(18)9-11)20-15(21)14-10-19-7-8-22-14;/h5-6,9,14,19H,3-4,7-8,10H2,1-2H3,(H,20,21);1H. The highest BCUT2D eigenvalue weighted by molar-refractivity contribution is 6.42. The summed E-state index contributed by atoms with van der Waals surface area (Å²) in [6.07, 6.45) is 1.06. The van der Waals surface area contributed by atoms with Crippen molar-refractivity contribution in [3.8, 4) is 0 Å². The van der Waals surface area contributed by atoms with E-state index in [1.807, 2.05) is 26.0 Å². The Morgan fingerprint density at radius 2 is 2.04 bits per heavy atom. The number of halogens is 3. The van der Waals surface area contributed by atoms with Gasteiger partial charge in [0.05, 0.1) is 22.2 Å². The Hall–Kier alpha value is -0.520. The highest BCUT2D eigenvalue weighted by Crippen LogP contribution is 2.33. The second-order valence-electron chi connectivity index (χ2n) is 5.47. The Morgan fingerprint density at radius 3 is 2.57 bits per heavy atom. The van der Waals surface area contributed by atoms with Crippen molar-refractivity contribution in [2.45, 2.75) is 38.3 Å². The van der Waals surface area contributed by atoms with E-state index >= 15 is 0 Å². The van der Waals surface area contributed by atoms with Crippen LogP contribution in [-0.4, -0.2) is 31.7 Å². The van der Waals surface area contributed by atoms with Gasteiger partial charge < -0.3 is 15.4 Å². The molecule has 1 aromatic carbocycles. The zero-order valence-electron chi connectivity index (χ0n) is 13.3. The summed E-state index contributed by atoms with van der Waals surface area (Å²) in [6.45, 7) is 5.97. The van der Waals surface area contributed by atoms with Crippen LogP contribution in [0, 0.1) is 0 Å². The number of hydrogen-bond donors (Lipinski definition) is 2. The first-order chi connectivity index (χ1) is 10.5. The fourth-order valence-corrected chi connectivity index (χ4v) is 3.05. The van der Waals surface area contributed by atoms with Crippen LogP contribution >= 0.6 is 35.6 Å². The third-order valence-corrected chi connectivity index (χ3v) is 5.00. The number of carbonyl (C=O) groups excluding carboxylic acids is 1. The monoisotopic (exact) mass is 380 g/mol. The molecular weight excluding hydrogens is 359 g/mol. The molecule has 1 aromatic rings. The summed E-state index contributed by atoms with van der Waals surface area (Å²) in [6, 6.07) is 5.52. The van der Waals surface area contributed by atoms with Gasteiger partial charge in [-0.2, -0.15) is 0 Å². The van der Waals surface area contributed by atoms with Crippen LogP contribution in [0.25, 0.3) is 0 Å². The molecule has 0 saturated carbocycles. The van der Waals surface area contributed by atoms with Crippen molar-refractivity contribution < 1.29 is 9.53 Å². The van der Waals surface area contributed by atoms with E-state index in [4.69, 9.17) is 27.9 Å². The quantitative estimate of drug-likeness (QED) is 0.820. The molecule has 0 aliphatic carbocycles. The van der Waals surface area contributed by atoms with Crippen molar-refractivity contribution in [2.75, 3.05) is 19.7 Å². The number of morpholine rings is 1. The van der Waals surface area contributed by atoms with Crippen molar-refractivity contribution in [3.63, 3.8) is 0 Å². The molecule has 2 rings (SSSR count). The number of amides is 1. The van der Waals surface area contributed by atoms with Gasteiger partial charge in [0, 0.05) is 13.1 Å². The lowest BCUT2D eigenvalue weighted by Crippen LogP contribution is -2.54. The highest BCUT2D eigenvalue weighted by Gasteiger charge is 2.34. The molecule has 2 N–H and O–H groups in total. The van der Waals surface area contributed by atoms with E-state index in [1.54, 1.807) is 6.07 Å². The minimum atomic E-state index is -0.466. The number of nitrogens with one attached hydrogen (secondary N) is 2. The van der Waals surface area contributed by atoms with Gasteiger partial charge in [0.2, 0.25) is 0 Å². The molecule has 1 atom stereocenters. The molecule has 1 unspecified atom stereocenters. The Bertz CT molecular complexity index is 530. The molecule has 130 valence electrons. The average molecular weight is 382 g/mol. The molecule has 0 bridgehead atoms. The van der Waals surface area contributed by atoms with E-state index in [0.717, 1.165) is 24.9 Å². The number of benzene rings is 1. The van der Waals surface area contributed by atoms with Crippen LogP contribution in [0.15, 0.2) is 18.2 Å². The summed E-state index contributed by atoms with van der Waals surface area (Å²) in [7, 11) is 0. The van der Waals surface area contributed by atoms with Gasteiger partial charge in [-0.3, -0.25) is 4.79 Å². The lowest BCUT2D eigenvalue weighted by molar-refractivity contribution is -0.136. The van der Waals surface area contributed by atoms with Crippen LogP contribution in [0.3, 0.4) is 0 Å². The minimum Gasteiger partial charge on any atom is -0.366 e. The minimum absolute atomic E-state index is 0. The molecule has 0 aromatic heterocycles. The highest BCUT2D eigenvalue weighted by atomic mass is 35.5. The first-order valence-electron chi connectivity index (χ1n) is 7.62. The zero-order chi connectivity index (χ0) is 16.2. The van der Waals surface area contributed by atoms with Crippen LogP contribution < -0.4 is 10.6 Å². The summed E-state index contributed by atoms with van der Waals surface area (Å²) in [4.78, 5) is 12.5. The first-order valence-corrected chi connectivity index (χ1v) is 8.38. The van der Waals surface area contributed by atoms with E-state index in [9.17, 15) is 4.79 Å². The normalized spacial score (nSPS) is 18.2. The molecule has 1 aliphatic heterocycles. The van der Waals surface area contributed by atoms with Gasteiger partial charge in [0.1, 0.15) is 6.10 Å². The van der Waals surface area contributed by atoms with Crippen LogP contribution in [-0.2, 0) is 15.1 Å². The number of ether oxygens (including phenoxy) is 1. The van der Waals surface area contributed by atoms with Crippen LogP contribution in [0.2, 0.25) is 10.0 Å². The van der Waals surface area contributed by atoms with E-state index in [0.29, 0.717) is 23.2 Å².